The molecule has 0 saturated carbocycles. The topological polar surface area (TPSA) is 126 Å². The van der Waals surface area contributed by atoms with E-state index in [4.69, 9.17) is 5.26 Å². The molecular weight excluding hydrogens is 534 g/mol. The number of hydrogen-bond acceptors (Lipinski definition) is 8. The van der Waals surface area contributed by atoms with Crippen LogP contribution in [0.1, 0.15) is 18.2 Å². The Morgan fingerprint density at radius 3 is 2.56 bits per heavy atom. The van der Waals surface area contributed by atoms with E-state index in [9.17, 15) is 12.6 Å². The fraction of sp³-hybridized carbons (Fsp3) is 0.148. The number of fused-ring (bicyclic) bond motifs is 3. The van der Waals surface area contributed by atoms with Crippen molar-refractivity contribution < 1.29 is 12.6 Å². The average molecular weight is 558 g/mol. The van der Waals surface area contributed by atoms with Crippen LogP contribution in [0.25, 0.3) is 11.0 Å². The van der Waals surface area contributed by atoms with Gasteiger partial charge in [0.25, 0.3) is 10.0 Å². The Morgan fingerprint density at radius 1 is 1.08 bits per heavy atom. The van der Waals surface area contributed by atoms with Gasteiger partial charge in [0.2, 0.25) is 0 Å². The van der Waals surface area contributed by atoms with Crippen LogP contribution in [0.15, 0.2) is 95.2 Å². The number of pyridine rings is 1. The molecule has 1 aliphatic rings. The molecule has 5 aromatic rings. The van der Waals surface area contributed by atoms with Crippen molar-refractivity contribution in [2.24, 2.45) is 0 Å². The molecule has 2 unspecified atom stereocenters. The van der Waals surface area contributed by atoms with E-state index in [0.717, 1.165) is 27.5 Å². The molecule has 1 N–H and O–H groups in total. The summed E-state index contributed by atoms with van der Waals surface area (Å²) in [5.74, 6) is 0. The Morgan fingerprint density at radius 2 is 1.85 bits per heavy atom. The molecule has 4 heterocycles. The van der Waals surface area contributed by atoms with E-state index < -0.39 is 20.8 Å². The first-order valence-electron chi connectivity index (χ1n) is 12.1. The predicted octanol–water partition coefficient (Wildman–Crippen LogP) is 4.38. The number of aryl methyl sites for hydroxylation is 1. The molecule has 0 fully saturated rings. The highest BCUT2D eigenvalue weighted by Gasteiger charge is 2.35. The third-order valence-electron chi connectivity index (χ3n) is 6.62. The van der Waals surface area contributed by atoms with Gasteiger partial charge in [-0.1, -0.05) is 30.3 Å². The first-order valence-corrected chi connectivity index (χ1v) is 15.1. The Bertz CT molecular complexity index is 1860. The smallest absolute Gasteiger partial charge is 0.269 e. The predicted molar refractivity (Wildman–Crippen MR) is 148 cm³/mol. The fourth-order valence-electron chi connectivity index (χ4n) is 4.77. The van der Waals surface area contributed by atoms with Crippen LogP contribution in [0.3, 0.4) is 0 Å². The molecule has 0 radical (unpaired) electrons. The summed E-state index contributed by atoms with van der Waals surface area (Å²) in [6.07, 6.45) is 8.33. The Balaban J connectivity index is 1.50. The zero-order valence-corrected chi connectivity index (χ0v) is 22.4. The highest BCUT2D eigenvalue weighted by Crippen LogP contribution is 2.49. The number of benzene rings is 2. The van der Waals surface area contributed by atoms with Crippen molar-refractivity contribution in [3.8, 4) is 6.07 Å². The minimum Gasteiger partial charge on any atom is -0.358 e. The maximum atomic E-state index is 13.5. The van der Waals surface area contributed by atoms with Gasteiger partial charge < -0.3 is 10.2 Å². The highest BCUT2D eigenvalue weighted by atomic mass is 32.2. The van der Waals surface area contributed by atoms with Crippen LogP contribution in [0.4, 0.5) is 17.1 Å². The summed E-state index contributed by atoms with van der Waals surface area (Å²) in [7, 11) is -4.97. The maximum absolute atomic E-state index is 13.5. The van der Waals surface area contributed by atoms with E-state index in [-0.39, 0.29) is 11.1 Å². The molecule has 1 aliphatic heterocycles. The van der Waals surface area contributed by atoms with Crippen LogP contribution >= 0.6 is 0 Å². The molecule has 196 valence electrons. The number of rotatable bonds is 7. The Hall–Kier alpha value is -4.47. The molecular formula is C27H23N7O3S2. The van der Waals surface area contributed by atoms with Crippen molar-refractivity contribution in [1.82, 2.24) is 18.7 Å². The molecule has 6 rings (SSSR count). The number of aromatic nitrogens is 4. The van der Waals surface area contributed by atoms with Crippen LogP contribution in [0.2, 0.25) is 0 Å². The molecule has 2 aromatic carbocycles. The van der Waals surface area contributed by atoms with Gasteiger partial charge in [-0.15, -0.1) is 0 Å². The van der Waals surface area contributed by atoms with Crippen LogP contribution in [0.5, 0.6) is 0 Å². The average Bonchev–Trinajstić information content (AvgIpc) is 3.68. The van der Waals surface area contributed by atoms with Crippen molar-refractivity contribution in [2.45, 2.75) is 28.9 Å². The van der Waals surface area contributed by atoms with Crippen LogP contribution < -0.4 is 10.2 Å². The zero-order valence-electron chi connectivity index (χ0n) is 20.8. The van der Waals surface area contributed by atoms with Gasteiger partial charge >= 0.3 is 0 Å². The summed E-state index contributed by atoms with van der Waals surface area (Å²) in [5.41, 5.74) is 3.47. The largest absolute Gasteiger partial charge is 0.358 e. The number of hydrogen-bond donors (Lipinski definition) is 1. The zero-order chi connectivity index (χ0) is 27.1. The van der Waals surface area contributed by atoms with Crippen LogP contribution in [0, 0.1) is 11.3 Å². The number of nitriles is 1. The monoisotopic (exact) mass is 557 g/mol. The quantitative estimate of drug-likeness (QED) is 0.312. The second kappa shape index (κ2) is 9.68. The summed E-state index contributed by atoms with van der Waals surface area (Å²) >= 11 is 0. The summed E-state index contributed by atoms with van der Waals surface area (Å²) in [4.78, 5) is 7.48. The summed E-state index contributed by atoms with van der Waals surface area (Å²) in [5, 5.41) is 17.6. The van der Waals surface area contributed by atoms with Crippen molar-refractivity contribution in [1.29, 1.82) is 5.26 Å². The van der Waals surface area contributed by atoms with Gasteiger partial charge in [-0.2, -0.15) is 10.4 Å². The summed E-state index contributed by atoms with van der Waals surface area (Å²) in [6.45, 7) is 0.448. The number of anilines is 3. The van der Waals surface area contributed by atoms with Crippen LogP contribution in [-0.4, -0.2) is 37.6 Å². The van der Waals surface area contributed by atoms with Crippen LogP contribution in [-0.2, 0) is 27.4 Å². The van der Waals surface area contributed by atoms with Gasteiger partial charge in [-0.3, -0.25) is 8.89 Å². The lowest BCUT2D eigenvalue weighted by Gasteiger charge is -2.26. The van der Waals surface area contributed by atoms with E-state index in [1.54, 1.807) is 59.7 Å². The normalized spacial score (nSPS) is 15.6. The molecule has 10 nitrogen and oxygen atoms in total. The first-order chi connectivity index (χ1) is 18.9. The van der Waals surface area contributed by atoms with Crippen molar-refractivity contribution in [2.75, 3.05) is 16.5 Å². The van der Waals surface area contributed by atoms with Gasteiger partial charge in [-0.05, 0) is 35.9 Å². The molecule has 12 heteroatoms. The van der Waals surface area contributed by atoms with Gasteiger partial charge in [-0.25, -0.2) is 17.4 Å². The highest BCUT2D eigenvalue weighted by molar-refractivity contribution is 7.90. The van der Waals surface area contributed by atoms with Crippen molar-refractivity contribution in [3.63, 3.8) is 0 Å². The molecule has 0 bridgehead atoms. The van der Waals surface area contributed by atoms with Gasteiger partial charge in [0.05, 0.1) is 53.4 Å². The van der Waals surface area contributed by atoms with E-state index in [2.05, 4.69) is 21.5 Å². The molecule has 0 amide bonds. The fourth-order valence-corrected chi connectivity index (χ4v) is 6.61. The summed E-state index contributed by atoms with van der Waals surface area (Å²) < 4.78 is 41.8. The Kier molecular flexibility index (Phi) is 6.17. The third kappa shape index (κ3) is 4.25. The first kappa shape index (κ1) is 24.8. The third-order valence-corrected chi connectivity index (χ3v) is 9.24. The van der Waals surface area contributed by atoms with Crippen molar-refractivity contribution in [3.05, 3.63) is 91.0 Å². The van der Waals surface area contributed by atoms with E-state index in [1.807, 2.05) is 35.4 Å². The molecule has 0 aliphatic carbocycles. The maximum Gasteiger partial charge on any atom is 0.269 e. The number of nitrogens with one attached hydrogen (secondary N) is 1. The number of nitrogens with zero attached hydrogens (tertiary/aromatic N) is 6. The van der Waals surface area contributed by atoms with Gasteiger partial charge in [0.1, 0.15) is 6.17 Å². The van der Waals surface area contributed by atoms with E-state index >= 15 is 0 Å². The SMILES string of the molecule is CS(=O)c1ccc(C2Nc3cnc4c(ccn4S(=O)(=O)c4ccccc4)c3N2c2cnn(CCC#N)c2)cc1. The lowest BCUT2D eigenvalue weighted by molar-refractivity contribution is 0.588. The van der Waals surface area contributed by atoms with E-state index in [1.165, 1.54) is 10.2 Å². The minimum atomic E-state index is -3.87. The minimum absolute atomic E-state index is 0.171. The summed E-state index contributed by atoms with van der Waals surface area (Å²) in [6, 6.07) is 19.6. The van der Waals surface area contributed by atoms with Gasteiger partial charge in [0.15, 0.2) is 5.65 Å². The van der Waals surface area contributed by atoms with E-state index in [0.29, 0.717) is 24.0 Å². The molecule has 3 aromatic heterocycles. The molecule has 0 saturated heterocycles. The second-order valence-corrected chi connectivity index (χ2v) is 12.2. The second-order valence-electron chi connectivity index (χ2n) is 9.00. The Labute approximate surface area is 227 Å². The lowest BCUT2D eigenvalue weighted by atomic mass is 10.1. The van der Waals surface area contributed by atoms with Crippen molar-refractivity contribution >= 4 is 48.9 Å². The molecule has 2 atom stereocenters. The standard InChI is InChI=1S/C27H23N7O3S2/c1-38(35)21-10-8-19(9-11-21)26-31-24-17-29-27-23(12-15-33(27)39(36,37)22-6-3-2-4-7-22)25(24)34(26)20-16-30-32(18-20)14-5-13-28/h2-4,6-12,15-18,26,31H,5,14H2,1H3. The lowest BCUT2D eigenvalue weighted by Crippen LogP contribution is -2.23. The molecule has 39 heavy (non-hydrogen) atoms. The van der Waals surface area contributed by atoms with Gasteiger partial charge in [0, 0.05) is 39.7 Å². The molecule has 0 spiro atoms.